The zero-order valence-corrected chi connectivity index (χ0v) is 14.4. The first-order valence-electron chi connectivity index (χ1n) is 8.09. The number of rotatable bonds is 6. The number of aliphatic hydroxyl groups excluding tert-OH is 1. The third-order valence-electron chi connectivity index (χ3n) is 4.00. The minimum atomic E-state index is -0.934. The third kappa shape index (κ3) is 4.91. The molecule has 0 saturated heterocycles. The maximum atomic E-state index is 11.0. The largest absolute Gasteiger partial charge is 0.478 e. The molecule has 1 atom stereocenters. The minimum Gasteiger partial charge on any atom is -0.478 e. The SMILES string of the molecule is CC(C)(C)c1ccc(C(O)CNCc2cccc(C(=O)O)c2)cc1. The van der Waals surface area contributed by atoms with Gasteiger partial charge in [-0.2, -0.15) is 0 Å². The molecule has 2 aromatic carbocycles. The molecule has 0 spiro atoms. The molecule has 4 heteroatoms. The number of aliphatic hydroxyl groups is 1. The maximum Gasteiger partial charge on any atom is 0.335 e. The average Bonchev–Trinajstić information content (AvgIpc) is 2.54. The fourth-order valence-corrected chi connectivity index (χ4v) is 2.49. The van der Waals surface area contributed by atoms with Crippen molar-refractivity contribution in [2.75, 3.05) is 6.54 Å². The zero-order valence-electron chi connectivity index (χ0n) is 14.4. The number of carboxylic acids is 1. The molecule has 2 aromatic rings. The quantitative estimate of drug-likeness (QED) is 0.759. The van der Waals surface area contributed by atoms with Crippen LogP contribution < -0.4 is 5.32 Å². The van der Waals surface area contributed by atoms with Crippen molar-refractivity contribution in [1.82, 2.24) is 5.32 Å². The summed E-state index contributed by atoms with van der Waals surface area (Å²) < 4.78 is 0. The number of carbonyl (C=O) groups is 1. The molecule has 1 unspecified atom stereocenters. The van der Waals surface area contributed by atoms with Crippen LogP contribution in [0.4, 0.5) is 0 Å². The van der Waals surface area contributed by atoms with Gasteiger partial charge in [-0.1, -0.05) is 57.2 Å². The number of hydrogen-bond donors (Lipinski definition) is 3. The molecule has 3 N–H and O–H groups in total. The number of hydrogen-bond acceptors (Lipinski definition) is 3. The molecule has 0 aliphatic rings. The van der Waals surface area contributed by atoms with E-state index in [0.29, 0.717) is 13.1 Å². The van der Waals surface area contributed by atoms with Gasteiger partial charge in [0.2, 0.25) is 0 Å². The van der Waals surface area contributed by atoms with Gasteiger partial charge in [0.05, 0.1) is 11.7 Å². The summed E-state index contributed by atoms with van der Waals surface area (Å²) in [6.45, 7) is 7.39. The lowest BCUT2D eigenvalue weighted by molar-refractivity contribution is 0.0696. The van der Waals surface area contributed by atoms with Crippen molar-refractivity contribution in [3.05, 3.63) is 70.8 Å². The van der Waals surface area contributed by atoms with Gasteiger partial charge >= 0.3 is 5.97 Å². The van der Waals surface area contributed by atoms with E-state index in [1.165, 1.54) is 5.56 Å². The number of aromatic carboxylic acids is 1. The van der Waals surface area contributed by atoms with E-state index in [1.807, 2.05) is 18.2 Å². The summed E-state index contributed by atoms with van der Waals surface area (Å²) in [5.41, 5.74) is 3.35. The standard InChI is InChI=1S/C20H25NO3/c1-20(2,3)17-9-7-15(8-10-17)18(22)13-21-12-14-5-4-6-16(11-14)19(23)24/h4-11,18,21-22H,12-13H2,1-3H3,(H,23,24). The van der Waals surface area contributed by atoms with E-state index in [-0.39, 0.29) is 11.0 Å². The Labute approximate surface area is 143 Å². The summed E-state index contributed by atoms with van der Waals surface area (Å²) in [5.74, 6) is -0.934. The van der Waals surface area contributed by atoms with Gasteiger partial charge in [0.25, 0.3) is 0 Å². The van der Waals surface area contributed by atoms with Gasteiger partial charge in [0.1, 0.15) is 0 Å². The third-order valence-corrected chi connectivity index (χ3v) is 4.00. The highest BCUT2D eigenvalue weighted by molar-refractivity contribution is 5.87. The molecule has 0 heterocycles. The summed E-state index contributed by atoms with van der Waals surface area (Å²) in [6.07, 6.45) is -0.596. The Hall–Kier alpha value is -2.17. The van der Waals surface area contributed by atoms with Crippen LogP contribution in [0.2, 0.25) is 0 Å². The Kier molecular flexibility index (Phi) is 5.75. The number of carboxylic acid groups (broad SMARTS) is 1. The van der Waals surface area contributed by atoms with Crippen LogP contribution in [0.3, 0.4) is 0 Å². The predicted octanol–water partition coefficient (Wildman–Crippen LogP) is 3.51. The smallest absolute Gasteiger partial charge is 0.335 e. The van der Waals surface area contributed by atoms with E-state index < -0.39 is 12.1 Å². The van der Waals surface area contributed by atoms with E-state index in [0.717, 1.165) is 11.1 Å². The zero-order chi connectivity index (χ0) is 17.7. The van der Waals surface area contributed by atoms with Gasteiger partial charge in [0.15, 0.2) is 0 Å². The van der Waals surface area contributed by atoms with Crippen molar-refractivity contribution in [2.24, 2.45) is 0 Å². The second-order valence-electron chi connectivity index (χ2n) is 7.02. The fraction of sp³-hybridized carbons (Fsp3) is 0.350. The molecule has 0 bridgehead atoms. The van der Waals surface area contributed by atoms with Crippen molar-refractivity contribution in [1.29, 1.82) is 0 Å². The average molecular weight is 327 g/mol. The van der Waals surface area contributed by atoms with Crippen LogP contribution in [-0.2, 0) is 12.0 Å². The first-order chi connectivity index (χ1) is 11.3. The Morgan fingerprint density at radius 3 is 2.38 bits per heavy atom. The normalized spacial score (nSPS) is 12.8. The summed E-state index contributed by atoms with van der Waals surface area (Å²) in [4.78, 5) is 11.0. The van der Waals surface area contributed by atoms with E-state index in [9.17, 15) is 9.90 Å². The lowest BCUT2D eigenvalue weighted by Gasteiger charge is -2.20. The summed E-state index contributed by atoms with van der Waals surface area (Å²) in [7, 11) is 0. The monoisotopic (exact) mass is 327 g/mol. The van der Waals surface area contributed by atoms with Gasteiger partial charge < -0.3 is 15.5 Å². The second kappa shape index (κ2) is 7.60. The highest BCUT2D eigenvalue weighted by atomic mass is 16.4. The van der Waals surface area contributed by atoms with Crippen LogP contribution in [0.25, 0.3) is 0 Å². The van der Waals surface area contributed by atoms with Crippen molar-refractivity contribution in [3.8, 4) is 0 Å². The Morgan fingerprint density at radius 2 is 1.79 bits per heavy atom. The van der Waals surface area contributed by atoms with Crippen molar-refractivity contribution < 1.29 is 15.0 Å². The molecule has 0 aromatic heterocycles. The van der Waals surface area contributed by atoms with Crippen LogP contribution in [0.1, 0.15) is 53.9 Å². The molecule has 0 radical (unpaired) electrons. The highest BCUT2D eigenvalue weighted by Gasteiger charge is 2.14. The minimum absolute atomic E-state index is 0.0941. The van der Waals surface area contributed by atoms with Crippen LogP contribution in [0, 0.1) is 0 Å². The Balaban J connectivity index is 1.90. The lowest BCUT2D eigenvalue weighted by Crippen LogP contribution is -2.21. The lowest BCUT2D eigenvalue weighted by atomic mass is 9.86. The van der Waals surface area contributed by atoms with Crippen molar-refractivity contribution in [2.45, 2.75) is 38.8 Å². The molecule has 0 fully saturated rings. The van der Waals surface area contributed by atoms with Crippen LogP contribution in [0.5, 0.6) is 0 Å². The molecule has 128 valence electrons. The summed E-state index contributed by atoms with van der Waals surface area (Å²) in [5, 5.41) is 22.4. The maximum absolute atomic E-state index is 11.0. The van der Waals surface area contributed by atoms with Crippen LogP contribution >= 0.6 is 0 Å². The second-order valence-corrected chi connectivity index (χ2v) is 7.02. The van der Waals surface area contributed by atoms with Gasteiger partial charge in [0, 0.05) is 13.1 Å². The van der Waals surface area contributed by atoms with E-state index in [4.69, 9.17) is 5.11 Å². The van der Waals surface area contributed by atoms with Crippen molar-refractivity contribution in [3.63, 3.8) is 0 Å². The van der Waals surface area contributed by atoms with Crippen LogP contribution in [-0.4, -0.2) is 22.7 Å². The molecule has 0 aliphatic carbocycles. The van der Waals surface area contributed by atoms with E-state index in [1.54, 1.807) is 18.2 Å². The summed E-state index contributed by atoms with van der Waals surface area (Å²) >= 11 is 0. The Morgan fingerprint density at radius 1 is 1.12 bits per heavy atom. The molecular weight excluding hydrogens is 302 g/mol. The van der Waals surface area contributed by atoms with Gasteiger partial charge in [-0.25, -0.2) is 4.79 Å². The highest BCUT2D eigenvalue weighted by Crippen LogP contribution is 2.23. The van der Waals surface area contributed by atoms with Gasteiger partial charge in [-0.15, -0.1) is 0 Å². The molecule has 2 rings (SSSR count). The topological polar surface area (TPSA) is 69.6 Å². The first kappa shape index (κ1) is 18.2. The number of benzene rings is 2. The molecule has 0 amide bonds. The van der Waals surface area contributed by atoms with Crippen LogP contribution in [0.15, 0.2) is 48.5 Å². The van der Waals surface area contributed by atoms with Crippen molar-refractivity contribution >= 4 is 5.97 Å². The van der Waals surface area contributed by atoms with E-state index >= 15 is 0 Å². The molecule has 24 heavy (non-hydrogen) atoms. The number of nitrogens with one attached hydrogen (secondary N) is 1. The van der Waals surface area contributed by atoms with Gasteiger partial charge in [-0.3, -0.25) is 0 Å². The first-order valence-corrected chi connectivity index (χ1v) is 8.09. The fourth-order valence-electron chi connectivity index (χ4n) is 2.49. The predicted molar refractivity (Wildman–Crippen MR) is 95.2 cm³/mol. The Bertz CT molecular complexity index is 687. The molecule has 0 aliphatic heterocycles. The molecule has 0 saturated carbocycles. The molecular formula is C20H25NO3. The molecule has 4 nitrogen and oxygen atoms in total. The van der Waals surface area contributed by atoms with E-state index in [2.05, 4.69) is 38.2 Å². The summed E-state index contributed by atoms with van der Waals surface area (Å²) in [6, 6.07) is 14.8. The van der Waals surface area contributed by atoms with Gasteiger partial charge in [-0.05, 0) is 34.2 Å².